The molecule has 0 N–H and O–H groups in total. The minimum atomic E-state index is -0.729. The second-order valence-corrected chi connectivity index (χ2v) is 10.3. The third kappa shape index (κ3) is 4.87. The van der Waals surface area contributed by atoms with E-state index in [9.17, 15) is 19.7 Å². The maximum absolute atomic E-state index is 13.8. The molecule has 2 aromatic heterocycles. The number of nitro benzene ring substituents is 1. The number of ether oxygens (including phenoxy) is 1. The Kier molecular flexibility index (Phi) is 7.22. The second kappa shape index (κ2) is 10.8. The lowest BCUT2D eigenvalue weighted by atomic mass is 9.95. The first-order valence-corrected chi connectivity index (χ1v) is 13.3. The first-order chi connectivity index (χ1) is 19.2. The van der Waals surface area contributed by atoms with E-state index in [4.69, 9.17) is 9.15 Å². The van der Waals surface area contributed by atoms with Gasteiger partial charge >= 0.3 is 5.97 Å². The smallest absolute Gasteiger partial charge is 0.338 e. The number of nitrogens with zero attached hydrogens (tertiary/aromatic N) is 4. The predicted molar refractivity (Wildman–Crippen MR) is 152 cm³/mol. The van der Waals surface area contributed by atoms with Crippen molar-refractivity contribution in [3.05, 3.63) is 113 Å². The van der Waals surface area contributed by atoms with Crippen LogP contribution in [0.15, 0.2) is 86.1 Å². The fraction of sp³-hybridized carbons (Fsp3) is 0.207. The summed E-state index contributed by atoms with van der Waals surface area (Å²) in [5.41, 5.74) is 2.41. The fourth-order valence-corrected chi connectivity index (χ4v) is 5.63. The number of esters is 1. The lowest BCUT2D eigenvalue weighted by molar-refractivity contribution is -0.384. The van der Waals surface area contributed by atoms with Crippen molar-refractivity contribution < 1.29 is 18.9 Å². The van der Waals surface area contributed by atoms with E-state index in [0.29, 0.717) is 37.7 Å². The van der Waals surface area contributed by atoms with Gasteiger partial charge in [-0.15, -0.1) is 0 Å². The van der Waals surface area contributed by atoms with Crippen molar-refractivity contribution in [2.75, 3.05) is 25.6 Å². The zero-order chi connectivity index (χ0) is 28.6. The SMILES string of the molecule is CCOC(=O)C1=C(C)N=c2sc(=Cc3ccc(-c4ccccc4[N+](=O)[O-])o3)c(=O)n2C1c1ccc(N(C)C)cc1. The summed E-state index contributed by atoms with van der Waals surface area (Å²) in [6, 6.07) is 16.5. The summed E-state index contributed by atoms with van der Waals surface area (Å²) in [5, 5.41) is 11.5. The molecule has 1 unspecified atom stereocenters. The zero-order valence-electron chi connectivity index (χ0n) is 22.3. The van der Waals surface area contributed by atoms with Crippen LogP contribution in [0.2, 0.25) is 0 Å². The Morgan fingerprint density at radius 1 is 1.18 bits per heavy atom. The van der Waals surface area contributed by atoms with Crippen LogP contribution in [-0.2, 0) is 9.53 Å². The third-order valence-corrected chi connectivity index (χ3v) is 7.49. The van der Waals surface area contributed by atoms with E-state index < -0.39 is 16.9 Å². The summed E-state index contributed by atoms with van der Waals surface area (Å²) in [5.74, 6) is 0.136. The molecule has 4 aromatic rings. The van der Waals surface area contributed by atoms with Crippen molar-refractivity contribution in [2.24, 2.45) is 4.99 Å². The molecule has 0 aliphatic carbocycles. The van der Waals surface area contributed by atoms with Gasteiger partial charge in [-0.25, -0.2) is 9.79 Å². The van der Waals surface area contributed by atoms with Crippen molar-refractivity contribution in [3.63, 3.8) is 0 Å². The lowest BCUT2D eigenvalue weighted by Crippen LogP contribution is -2.39. The average Bonchev–Trinajstić information content (AvgIpc) is 3.52. The molecule has 204 valence electrons. The van der Waals surface area contributed by atoms with Gasteiger partial charge in [0, 0.05) is 31.9 Å². The average molecular weight is 559 g/mol. The molecule has 0 saturated heterocycles. The molecule has 0 bridgehead atoms. The normalized spacial score (nSPS) is 15.0. The molecule has 0 saturated carbocycles. The van der Waals surface area contributed by atoms with Crippen LogP contribution in [0.1, 0.15) is 31.2 Å². The number of carbonyl (C=O) groups excluding carboxylic acids is 1. The minimum Gasteiger partial charge on any atom is -0.463 e. The van der Waals surface area contributed by atoms with Gasteiger partial charge in [0.15, 0.2) is 4.80 Å². The Morgan fingerprint density at radius 2 is 1.90 bits per heavy atom. The van der Waals surface area contributed by atoms with E-state index in [2.05, 4.69) is 4.99 Å². The van der Waals surface area contributed by atoms with Gasteiger partial charge in [0.25, 0.3) is 11.2 Å². The molecule has 10 nitrogen and oxygen atoms in total. The Labute approximate surface area is 232 Å². The van der Waals surface area contributed by atoms with Gasteiger partial charge in [0.05, 0.1) is 38.9 Å². The molecular formula is C29H26N4O6S. The predicted octanol–water partition coefficient (Wildman–Crippen LogP) is 4.03. The van der Waals surface area contributed by atoms with Gasteiger partial charge in [-0.1, -0.05) is 35.6 Å². The number of hydrogen-bond donors (Lipinski definition) is 0. The summed E-state index contributed by atoms with van der Waals surface area (Å²) in [7, 11) is 3.87. The molecule has 0 spiro atoms. The van der Waals surface area contributed by atoms with Crippen LogP contribution in [0.3, 0.4) is 0 Å². The Bertz CT molecular complexity index is 1830. The van der Waals surface area contributed by atoms with Gasteiger partial charge in [0.1, 0.15) is 11.5 Å². The van der Waals surface area contributed by atoms with Crippen LogP contribution in [0.25, 0.3) is 17.4 Å². The van der Waals surface area contributed by atoms with Crippen molar-refractivity contribution in [3.8, 4) is 11.3 Å². The Hall–Kier alpha value is -4.77. The van der Waals surface area contributed by atoms with E-state index in [-0.39, 0.29) is 17.9 Å². The number of para-hydroxylation sites is 1. The number of aromatic nitrogens is 1. The molecule has 1 atom stereocenters. The quantitative estimate of drug-likeness (QED) is 0.191. The largest absolute Gasteiger partial charge is 0.463 e. The van der Waals surface area contributed by atoms with Crippen molar-refractivity contribution >= 4 is 34.8 Å². The first-order valence-electron chi connectivity index (χ1n) is 12.5. The number of fused-ring (bicyclic) bond motifs is 1. The Morgan fingerprint density at radius 3 is 2.58 bits per heavy atom. The zero-order valence-corrected chi connectivity index (χ0v) is 23.1. The van der Waals surface area contributed by atoms with E-state index in [0.717, 1.165) is 11.3 Å². The highest BCUT2D eigenvalue weighted by atomic mass is 32.1. The monoisotopic (exact) mass is 558 g/mol. The summed E-state index contributed by atoms with van der Waals surface area (Å²) in [6.45, 7) is 3.65. The summed E-state index contributed by atoms with van der Waals surface area (Å²) < 4.78 is 13.1. The second-order valence-electron chi connectivity index (χ2n) is 9.26. The number of anilines is 1. The van der Waals surface area contributed by atoms with Crippen LogP contribution in [0.4, 0.5) is 11.4 Å². The van der Waals surface area contributed by atoms with Gasteiger partial charge in [0.2, 0.25) is 0 Å². The highest BCUT2D eigenvalue weighted by Crippen LogP contribution is 2.32. The summed E-state index contributed by atoms with van der Waals surface area (Å²) in [6.07, 6.45) is 1.58. The van der Waals surface area contributed by atoms with E-state index >= 15 is 0 Å². The minimum absolute atomic E-state index is 0.0787. The van der Waals surface area contributed by atoms with E-state index in [1.165, 1.54) is 22.0 Å². The molecule has 11 heteroatoms. The van der Waals surface area contributed by atoms with Gasteiger partial charge in [-0.05, 0) is 49.7 Å². The van der Waals surface area contributed by atoms with E-state index in [1.807, 2.05) is 43.3 Å². The van der Waals surface area contributed by atoms with Crippen LogP contribution >= 0.6 is 11.3 Å². The van der Waals surface area contributed by atoms with Crippen molar-refractivity contribution in [1.29, 1.82) is 0 Å². The molecule has 1 aliphatic heterocycles. The summed E-state index contributed by atoms with van der Waals surface area (Å²) >= 11 is 1.17. The molecule has 1 aliphatic rings. The summed E-state index contributed by atoms with van der Waals surface area (Å²) in [4.78, 5) is 44.8. The molecular weight excluding hydrogens is 532 g/mol. The number of rotatable bonds is 7. The molecule has 0 fully saturated rings. The first kappa shape index (κ1) is 26.8. The number of thiazole rings is 1. The molecule has 2 aromatic carbocycles. The van der Waals surface area contributed by atoms with Crippen molar-refractivity contribution in [1.82, 2.24) is 4.57 Å². The van der Waals surface area contributed by atoms with E-state index in [1.54, 1.807) is 50.3 Å². The number of benzene rings is 2. The van der Waals surface area contributed by atoms with Crippen LogP contribution in [-0.4, -0.2) is 36.2 Å². The van der Waals surface area contributed by atoms with Crippen molar-refractivity contribution in [2.45, 2.75) is 19.9 Å². The molecule has 5 rings (SSSR count). The topological polar surface area (TPSA) is 120 Å². The number of carbonyl (C=O) groups is 1. The highest BCUT2D eigenvalue weighted by molar-refractivity contribution is 7.07. The van der Waals surface area contributed by atoms with Crippen LogP contribution in [0.5, 0.6) is 0 Å². The lowest BCUT2D eigenvalue weighted by Gasteiger charge is -2.25. The third-order valence-electron chi connectivity index (χ3n) is 6.51. The van der Waals surface area contributed by atoms with Crippen LogP contribution in [0, 0.1) is 10.1 Å². The maximum Gasteiger partial charge on any atom is 0.338 e. The maximum atomic E-state index is 13.8. The highest BCUT2D eigenvalue weighted by Gasteiger charge is 2.33. The molecule has 0 radical (unpaired) electrons. The van der Waals surface area contributed by atoms with Crippen LogP contribution < -0.4 is 19.8 Å². The van der Waals surface area contributed by atoms with Gasteiger partial charge in [-0.3, -0.25) is 19.5 Å². The van der Waals surface area contributed by atoms with Gasteiger partial charge < -0.3 is 14.1 Å². The Balaban J connectivity index is 1.63. The van der Waals surface area contributed by atoms with Gasteiger partial charge in [-0.2, -0.15) is 0 Å². The number of hydrogen-bond acceptors (Lipinski definition) is 9. The molecule has 40 heavy (non-hydrogen) atoms. The fourth-order valence-electron chi connectivity index (χ4n) is 4.61. The number of nitro groups is 1. The number of furan rings is 1. The standard InChI is InChI=1S/C29H26N4O6S/c1-5-38-28(35)25-17(2)30-29-32(26(25)18-10-12-19(13-11-18)31(3)4)27(34)24(40-29)16-20-14-15-23(39-20)21-8-6-7-9-22(21)33(36)37/h6-16,26H,5H2,1-4H3. The molecule has 0 amide bonds. The number of allylic oxidation sites excluding steroid dienone is 1. The molecule has 3 heterocycles.